The van der Waals surface area contributed by atoms with Gasteiger partial charge in [0.2, 0.25) is 0 Å². The number of hydrogen-bond acceptors (Lipinski definition) is 6. The monoisotopic (exact) mass is 595 g/mol. The normalized spacial score (nSPS) is 13.4. The molecule has 5 aromatic rings. The number of rotatable bonds is 7. The lowest BCUT2D eigenvalue weighted by Crippen LogP contribution is -2.38. The Morgan fingerprint density at radius 2 is 1.73 bits per heavy atom. The summed E-state index contributed by atoms with van der Waals surface area (Å²) >= 11 is 1.40. The van der Waals surface area contributed by atoms with Crippen molar-refractivity contribution < 1.29 is 9.53 Å². The van der Waals surface area contributed by atoms with Crippen molar-refractivity contribution in [3.63, 3.8) is 0 Å². The van der Waals surface area contributed by atoms with Crippen molar-refractivity contribution in [1.82, 2.24) is 19.4 Å². The molecule has 3 aromatic carbocycles. The van der Waals surface area contributed by atoms with E-state index < -0.39 is 0 Å². The average Bonchev–Trinajstić information content (AvgIpc) is 3.60. The number of aryl methyl sites for hydroxylation is 1. The molecule has 1 N–H and O–H groups in total. The number of halogens is 2. The van der Waals surface area contributed by atoms with E-state index in [2.05, 4.69) is 69.2 Å². The zero-order valence-corrected chi connectivity index (χ0v) is 24.5. The van der Waals surface area contributed by atoms with Crippen LogP contribution in [0.5, 0.6) is 0 Å². The molecular formula is C30H31Cl2N5O2S. The van der Waals surface area contributed by atoms with Gasteiger partial charge in [-0.15, -0.1) is 36.2 Å². The van der Waals surface area contributed by atoms with Crippen LogP contribution in [0.1, 0.15) is 16.1 Å². The van der Waals surface area contributed by atoms with Crippen LogP contribution in [0.4, 0.5) is 5.13 Å². The minimum atomic E-state index is -0.212. The number of ether oxygens (including phenoxy) is 1. The number of amides is 1. The molecule has 0 aliphatic carbocycles. The summed E-state index contributed by atoms with van der Waals surface area (Å²) in [5, 5.41) is 7.68. The van der Waals surface area contributed by atoms with Crippen molar-refractivity contribution in [2.45, 2.75) is 13.5 Å². The summed E-state index contributed by atoms with van der Waals surface area (Å²) < 4.78 is 7.65. The molecule has 0 atom stereocenters. The van der Waals surface area contributed by atoms with Gasteiger partial charge in [-0.25, -0.2) is 9.97 Å². The standard InChI is InChI=1S/C30H29N5O2S.2ClH/c1-21-9-11-23(12-10-21)26-27(29(36)33-30-31-13-20-38-30)35(15-14-34-16-18-37-19-17-34)28(32-26)25-8-4-6-22-5-2-3-7-24(22)25;;/h2-13,20H,14-19H2,1H3,(H,31,33,36);2*1H. The molecule has 10 heteroatoms. The Bertz CT molecular complexity index is 1560. The van der Waals surface area contributed by atoms with Gasteiger partial charge in [0.1, 0.15) is 17.2 Å². The van der Waals surface area contributed by atoms with Crippen LogP contribution in [0.3, 0.4) is 0 Å². The van der Waals surface area contributed by atoms with Crippen molar-refractivity contribution in [3.05, 3.63) is 89.6 Å². The quantitative estimate of drug-likeness (QED) is 0.230. The number of fused-ring (bicyclic) bond motifs is 1. The molecule has 7 nitrogen and oxygen atoms in total. The number of hydrogen-bond donors (Lipinski definition) is 1. The summed E-state index contributed by atoms with van der Waals surface area (Å²) in [6.07, 6.45) is 1.69. The van der Waals surface area contributed by atoms with Gasteiger partial charge in [0.25, 0.3) is 5.91 Å². The summed E-state index contributed by atoms with van der Waals surface area (Å²) in [5.74, 6) is 0.575. The zero-order valence-electron chi connectivity index (χ0n) is 22.1. The average molecular weight is 597 g/mol. The first-order chi connectivity index (χ1) is 18.7. The van der Waals surface area contributed by atoms with E-state index in [0.717, 1.165) is 66.1 Å². The van der Waals surface area contributed by atoms with Crippen LogP contribution in [0.15, 0.2) is 78.3 Å². The number of nitrogens with one attached hydrogen (secondary N) is 1. The molecule has 2 aromatic heterocycles. The first kappa shape index (κ1) is 29.7. The van der Waals surface area contributed by atoms with Gasteiger partial charge >= 0.3 is 0 Å². The highest BCUT2D eigenvalue weighted by Gasteiger charge is 2.27. The number of carbonyl (C=O) groups is 1. The Morgan fingerprint density at radius 3 is 2.48 bits per heavy atom. The molecule has 3 heterocycles. The van der Waals surface area contributed by atoms with E-state index in [1.54, 1.807) is 6.20 Å². The maximum absolute atomic E-state index is 13.9. The van der Waals surface area contributed by atoms with E-state index in [4.69, 9.17) is 9.72 Å². The van der Waals surface area contributed by atoms with Crippen LogP contribution >= 0.6 is 36.2 Å². The van der Waals surface area contributed by atoms with E-state index in [0.29, 0.717) is 23.1 Å². The molecule has 1 amide bonds. The van der Waals surface area contributed by atoms with Gasteiger partial charge in [0.05, 0.1) is 13.2 Å². The molecule has 0 spiro atoms. The Labute approximate surface area is 250 Å². The molecule has 40 heavy (non-hydrogen) atoms. The Hall–Kier alpha value is -3.27. The molecule has 0 unspecified atom stereocenters. The molecule has 1 aliphatic rings. The first-order valence-corrected chi connectivity index (χ1v) is 13.7. The summed E-state index contributed by atoms with van der Waals surface area (Å²) in [6.45, 7) is 6.69. The summed E-state index contributed by atoms with van der Waals surface area (Å²) in [4.78, 5) is 25.8. The van der Waals surface area contributed by atoms with Gasteiger partial charge < -0.3 is 9.30 Å². The Morgan fingerprint density at radius 1 is 0.975 bits per heavy atom. The number of benzene rings is 3. The lowest BCUT2D eigenvalue weighted by Gasteiger charge is -2.27. The van der Waals surface area contributed by atoms with Gasteiger partial charge in [-0.1, -0.05) is 72.3 Å². The van der Waals surface area contributed by atoms with E-state index in [1.807, 2.05) is 29.6 Å². The lowest BCUT2D eigenvalue weighted by molar-refractivity contribution is 0.0363. The van der Waals surface area contributed by atoms with Crippen molar-refractivity contribution >= 4 is 58.0 Å². The largest absolute Gasteiger partial charge is 0.379 e. The highest BCUT2D eigenvalue weighted by molar-refractivity contribution is 7.13. The fourth-order valence-electron chi connectivity index (χ4n) is 4.95. The van der Waals surface area contributed by atoms with Crippen LogP contribution in [-0.4, -0.2) is 58.2 Å². The number of nitrogens with zero attached hydrogens (tertiary/aromatic N) is 4. The maximum atomic E-state index is 13.9. The Balaban J connectivity index is 0.00000185. The van der Waals surface area contributed by atoms with Crippen LogP contribution in [0, 0.1) is 6.92 Å². The minimum Gasteiger partial charge on any atom is -0.379 e. The van der Waals surface area contributed by atoms with Crippen molar-refractivity contribution in [1.29, 1.82) is 0 Å². The third-order valence-electron chi connectivity index (χ3n) is 6.93. The van der Waals surface area contributed by atoms with Crippen molar-refractivity contribution in [2.24, 2.45) is 0 Å². The van der Waals surface area contributed by atoms with E-state index in [-0.39, 0.29) is 30.7 Å². The summed E-state index contributed by atoms with van der Waals surface area (Å²) in [5.41, 5.74) is 4.28. The summed E-state index contributed by atoms with van der Waals surface area (Å²) in [6, 6.07) is 22.8. The third kappa shape index (κ3) is 6.22. The topological polar surface area (TPSA) is 72.3 Å². The molecule has 0 bridgehead atoms. The highest BCUT2D eigenvalue weighted by atomic mass is 35.5. The molecule has 0 saturated carbocycles. The zero-order chi connectivity index (χ0) is 25.9. The van der Waals surface area contributed by atoms with Crippen LogP contribution in [-0.2, 0) is 11.3 Å². The summed E-state index contributed by atoms with van der Waals surface area (Å²) in [7, 11) is 0. The fraction of sp³-hybridized carbons (Fsp3) is 0.233. The number of imidazole rings is 1. The molecule has 208 valence electrons. The number of anilines is 1. The predicted molar refractivity (Wildman–Crippen MR) is 167 cm³/mol. The number of aromatic nitrogens is 3. The van der Waals surface area contributed by atoms with Gasteiger partial charge in [-0.05, 0) is 17.7 Å². The van der Waals surface area contributed by atoms with Gasteiger partial charge in [0.15, 0.2) is 5.13 Å². The van der Waals surface area contributed by atoms with Crippen LogP contribution < -0.4 is 5.32 Å². The lowest BCUT2D eigenvalue weighted by atomic mass is 10.0. The third-order valence-corrected chi connectivity index (χ3v) is 7.62. The first-order valence-electron chi connectivity index (χ1n) is 12.8. The molecule has 0 radical (unpaired) electrons. The van der Waals surface area contributed by atoms with Crippen LogP contribution in [0.25, 0.3) is 33.4 Å². The molecular weight excluding hydrogens is 565 g/mol. The number of carbonyl (C=O) groups excluding carboxylic acids is 1. The van der Waals surface area contributed by atoms with E-state index >= 15 is 0 Å². The van der Waals surface area contributed by atoms with Crippen LogP contribution in [0.2, 0.25) is 0 Å². The molecule has 1 saturated heterocycles. The molecule has 1 aliphatic heterocycles. The van der Waals surface area contributed by atoms with Crippen molar-refractivity contribution in [2.75, 3.05) is 38.2 Å². The maximum Gasteiger partial charge on any atom is 0.276 e. The fourth-order valence-corrected chi connectivity index (χ4v) is 5.47. The number of thiazole rings is 1. The van der Waals surface area contributed by atoms with Gasteiger partial charge in [-0.3, -0.25) is 15.0 Å². The van der Waals surface area contributed by atoms with Gasteiger partial charge in [0, 0.05) is 48.9 Å². The molecule has 1 fully saturated rings. The van der Waals surface area contributed by atoms with Gasteiger partial charge in [-0.2, -0.15) is 0 Å². The van der Waals surface area contributed by atoms with Crippen molar-refractivity contribution in [3.8, 4) is 22.6 Å². The highest BCUT2D eigenvalue weighted by Crippen LogP contribution is 2.34. The second-order valence-electron chi connectivity index (χ2n) is 9.42. The Kier molecular flexibility index (Phi) is 9.95. The second kappa shape index (κ2) is 13.4. The minimum absolute atomic E-state index is 0. The molecule has 6 rings (SSSR count). The number of morpholine rings is 1. The SMILES string of the molecule is Cc1ccc(-c2nc(-c3cccc4ccccc34)n(CCN3CCOCC3)c2C(=O)Nc2nccs2)cc1.Cl.Cl. The second-order valence-corrected chi connectivity index (χ2v) is 10.3. The predicted octanol–water partition coefficient (Wildman–Crippen LogP) is 6.56. The smallest absolute Gasteiger partial charge is 0.276 e. The van der Waals surface area contributed by atoms with E-state index in [9.17, 15) is 4.79 Å². The van der Waals surface area contributed by atoms with E-state index in [1.165, 1.54) is 11.3 Å².